The van der Waals surface area contributed by atoms with Gasteiger partial charge in [0.1, 0.15) is 5.84 Å². The van der Waals surface area contributed by atoms with Gasteiger partial charge in [-0.2, -0.15) is 13.2 Å². The van der Waals surface area contributed by atoms with Crippen molar-refractivity contribution in [3.8, 4) is 0 Å². The number of benzene rings is 1. The molecular weight excluding hydrogens is 299 g/mol. The van der Waals surface area contributed by atoms with Crippen LogP contribution in [0.2, 0.25) is 0 Å². The van der Waals surface area contributed by atoms with Gasteiger partial charge in [0.25, 0.3) is 0 Å². The second-order valence-corrected chi connectivity index (χ2v) is 5.61. The maximum Gasteiger partial charge on any atom is 0.417 e. The average molecular weight is 313 g/mol. The Morgan fingerprint density at radius 2 is 2.05 bits per heavy atom. The van der Waals surface area contributed by atoms with Gasteiger partial charge in [-0.05, 0) is 29.6 Å². The van der Waals surface area contributed by atoms with Gasteiger partial charge in [-0.15, -0.1) is 11.3 Å². The maximum absolute atomic E-state index is 13.1. The number of nitrogens with two attached hydrogens (primary N) is 1. The Bertz CT molecular complexity index is 635. The molecule has 1 aromatic heterocycles. The number of nitrogen functional groups attached to an aromatic ring is 1. The molecule has 0 atom stereocenters. The molecular formula is C14H14F3N3S. The highest BCUT2D eigenvalue weighted by Crippen LogP contribution is 2.34. The van der Waals surface area contributed by atoms with Gasteiger partial charge < -0.3 is 10.6 Å². The summed E-state index contributed by atoms with van der Waals surface area (Å²) in [4.78, 5) is 2.78. The van der Waals surface area contributed by atoms with Gasteiger partial charge in [0.15, 0.2) is 0 Å². The first kappa shape index (κ1) is 15.4. The van der Waals surface area contributed by atoms with E-state index < -0.39 is 17.6 Å². The average Bonchev–Trinajstić information content (AvgIpc) is 2.89. The van der Waals surface area contributed by atoms with Crippen LogP contribution in [0.4, 0.5) is 18.9 Å². The molecule has 0 saturated heterocycles. The third-order valence-corrected chi connectivity index (χ3v) is 3.87. The van der Waals surface area contributed by atoms with Gasteiger partial charge in [-0.25, -0.2) is 0 Å². The van der Waals surface area contributed by atoms with E-state index in [-0.39, 0.29) is 5.56 Å². The normalized spacial score (nSPS) is 11.4. The molecule has 1 heterocycles. The second-order valence-electron chi connectivity index (χ2n) is 4.58. The van der Waals surface area contributed by atoms with E-state index in [4.69, 9.17) is 11.1 Å². The van der Waals surface area contributed by atoms with Gasteiger partial charge in [0.05, 0.1) is 12.1 Å². The van der Waals surface area contributed by atoms with Crippen molar-refractivity contribution in [2.24, 2.45) is 5.73 Å². The third-order valence-electron chi connectivity index (χ3n) is 3.01. The molecule has 2 aromatic rings. The predicted molar refractivity (Wildman–Crippen MR) is 78.9 cm³/mol. The minimum atomic E-state index is -4.54. The van der Waals surface area contributed by atoms with Crippen molar-refractivity contribution in [3.63, 3.8) is 0 Å². The van der Waals surface area contributed by atoms with Crippen LogP contribution >= 0.6 is 11.3 Å². The molecule has 0 spiro atoms. The number of nitrogens with one attached hydrogen (secondary N) is 1. The summed E-state index contributed by atoms with van der Waals surface area (Å²) in [6, 6.07) is 7.64. The molecule has 112 valence electrons. The Morgan fingerprint density at radius 3 is 2.57 bits per heavy atom. The molecule has 3 nitrogen and oxygen atoms in total. The summed E-state index contributed by atoms with van der Waals surface area (Å²) in [7, 11) is 1.72. The smallest absolute Gasteiger partial charge is 0.384 e. The van der Waals surface area contributed by atoms with Crippen molar-refractivity contribution in [3.05, 3.63) is 51.7 Å². The molecule has 0 aliphatic rings. The number of halogens is 3. The molecule has 0 aliphatic carbocycles. The molecule has 7 heteroatoms. The standard InChI is InChI=1S/C14H14F3N3S/c1-20(8-10-3-2-6-21-10)9-4-5-11(13(18)19)12(7-9)14(15,16)17/h2-7H,8H2,1H3,(H3,18,19). The Kier molecular flexibility index (Phi) is 4.22. The van der Waals surface area contributed by atoms with Crippen LogP contribution in [0, 0.1) is 5.41 Å². The van der Waals surface area contributed by atoms with Gasteiger partial charge >= 0.3 is 6.18 Å². The van der Waals surface area contributed by atoms with Crippen LogP contribution in [-0.2, 0) is 12.7 Å². The van der Waals surface area contributed by atoms with E-state index >= 15 is 0 Å². The summed E-state index contributed by atoms with van der Waals surface area (Å²) < 4.78 is 39.2. The first-order chi connectivity index (χ1) is 9.79. The lowest BCUT2D eigenvalue weighted by Crippen LogP contribution is -2.21. The van der Waals surface area contributed by atoms with Crippen molar-refractivity contribution in [2.45, 2.75) is 12.7 Å². The van der Waals surface area contributed by atoms with Crippen LogP contribution in [0.1, 0.15) is 16.0 Å². The van der Waals surface area contributed by atoms with Crippen LogP contribution in [-0.4, -0.2) is 12.9 Å². The minimum absolute atomic E-state index is 0.296. The monoisotopic (exact) mass is 313 g/mol. The van der Waals surface area contributed by atoms with Crippen molar-refractivity contribution >= 4 is 22.9 Å². The molecule has 3 N–H and O–H groups in total. The highest BCUT2D eigenvalue weighted by Gasteiger charge is 2.34. The topological polar surface area (TPSA) is 53.1 Å². The third kappa shape index (κ3) is 3.55. The van der Waals surface area contributed by atoms with Crippen LogP contribution in [0.3, 0.4) is 0 Å². The van der Waals surface area contributed by atoms with E-state index in [9.17, 15) is 13.2 Å². The number of alkyl halides is 3. The fraction of sp³-hybridized carbons (Fsp3) is 0.214. The van der Waals surface area contributed by atoms with Crippen molar-refractivity contribution < 1.29 is 13.2 Å². The van der Waals surface area contributed by atoms with Crippen molar-refractivity contribution in [1.29, 1.82) is 5.41 Å². The Morgan fingerprint density at radius 1 is 1.33 bits per heavy atom. The van der Waals surface area contributed by atoms with Crippen LogP contribution in [0.5, 0.6) is 0 Å². The molecule has 0 fully saturated rings. The molecule has 0 saturated carbocycles. The van der Waals surface area contributed by atoms with E-state index in [0.717, 1.165) is 10.9 Å². The second kappa shape index (κ2) is 5.77. The number of amidine groups is 1. The maximum atomic E-state index is 13.1. The van der Waals surface area contributed by atoms with Gasteiger partial charge in [-0.3, -0.25) is 5.41 Å². The number of anilines is 1. The largest absolute Gasteiger partial charge is 0.417 e. The fourth-order valence-corrected chi connectivity index (χ4v) is 2.72. The van der Waals surface area contributed by atoms with Gasteiger partial charge in [0, 0.05) is 23.2 Å². The number of nitrogens with zero attached hydrogens (tertiary/aromatic N) is 1. The lowest BCUT2D eigenvalue weighted by Gasteiger charge is -2.21. The van der Waals surface area contributed by atoms with Crippen LogP contribution in [0.25, 0.3) is 0 Å². The predicted octanol–water partition coefficient (Wildman–Crippen LogP) is 3.69. The number of hydrogen-bond acceptors (Lipinski definition) is 3. The summed E-state index contributed by atoms with van der Waals surface area (Å²) >= 11 is 1.55. The highest BCUT2D eigenvalue weighted by molar-refractivity contribution is 7.09. The minimum Gasteiger partial charge on any atom is -0.384 e. The summed E-state index contributed by atoms with van der Waals surface area (Å²) in [5.41, 5.74) is 4.47. The van der Waals surface area contributed by atoms with Crippen LogP contribution in [0.15, 0.2) is 35.7 Å². The summed E-state index contributed by atoms with van der Waals surface area (Å²) in [6.45, 7) is 0.522. The van der Waals surface area contributed by atoms with Crippen LogP contribution < -0.4 is 10.6 Å². The zero-order valence-electron chi connectivity index (χ0n) is 11.2. The van der Waals surface area contributed by atoms with E-state index in [1.165, 1.54) is 6.07 Å². The lowest BCUT2D eigenvalue weighted by molar-refractivity contribution is -0.137. The van der Waals surface area contributed by atoms with E-state index in [0.29, 0.717) is 12.2 Å². The highest BCUT2D eigenvalue weighted by atomic mass is 32.1. The zero-order chi connectivity index (χ0) is 15.6. The Hall–Kier alpha value is -2.02. The first-order valence-electron chi connectivity index (χ1n) is 6.08. The number of thiophene rings is 1. The molecule has 0 aliphatic heterocycles. The molecule has 21 heavy (non-hydrogen) atoms. The van der Waals surface area contributed by atoms with E-state index in [1.807, 2.05) is 17.5 Å². The molecule has 2 rings (SSSR count). The molecule has 0 amide bonds. The molecule has 0 bridgehead atoms. The first-order valence-corrected chi connectivity index (χ1v) is 6.96. The zero-order valence-corrected chi connectivity index (χ0v) is 12.1. The van der Waals surface area contributed by atoms with E-state index in [1.54, 1.807) is 29.4 Å². The molecule has 1 aromatic carbocycles. The van der Waals surface area contributed by atoms with Gasteiger partial charge in [0.2, 0.25) is 0 Å². The quantitative estimate of drug-likeness (QED) is 0.668. The van der Waals surface area contributed by atoms with E-state index in [2.05, 4.69) is 0 Å². The fourth-order valence-electron chi connectivity index (χ4n) is 1.97. The van der Waals surface area contributed by atoms with Crippen molar-refractivity contribution in [2.75, 3.05) is 11.9 Å². The molecule has 0 radical (unpaired) electrons. The number of hydrogen-bond donors (Lipinski definition) is 2. The Balaban J connectivity index is 2.35. The van der Waals surface area contributed by atoms with Crippen molar-refractivity contribution in [1.82, 2.24) is 0 Å². The summed E-state index contributed by atoms with van der Waals surface area (Å²) in [5, 5.41) is 9.18. The SMILES string of the molecule is CN(Cc1cccs1)c1ccc(C(=N)N)c(C(F)(F)F)c1. The van der Waals surface area contributed by atoms with Gasteiger partial charge in [-0.1, -0.05) is 6.07 Å². The lowest BCUT2D eigenvalue weighted by atomic mass is 10.0. The molecule has 0 unspecified atom stereocenters. The summed E-state index contributed by atoms with van der Waals surface area (Å²) in [5.74, 6) is -0.588. The number of rotatable bonds is 4. The summed E-state index contributed by atoms with van der Waals surface area (Å²) in [6.07, 6.45) is -4.54. The Labute approximate surface area is 124 Å².